The number of ether oxygens (including phenoxy) is 2. The average Bonchev–Trinajstić information content (AvgIpc) is 3.27. The Morgan fingerprint density at radius 1 is 1.11 bits per heavy atom. The molecule has 6 rings (SSSR count). The third-order valence-electron chi connectivity index (χ3n) is 8.87. The smallest absolute Gasteiger partial charge is 0.410 e. The third-order valence-corrected chi connectivity index (χ3v) is 8.87. The van der Waals surface area contributed by atoms with Crippen LogP contribution in [0.1, 0.15) is 63.6 Å². The van der Waals surface area contributed by atoms with Gasteiger partial charge in [-0.05, 0) is 88.1 Å². The number of rotatable bonds is 4. The molecule has 2 atom stereocenters. The molecule has 2 aliphatic rings. The van der Waals surface area contributed by atoms with Crippen LogP contribution in [0.25, 0.3) is 22.2 Å². The molecule has 4 heterocycles. The van der Waals surface area contributed by atoms with Crippen LogP contribution < -0.4 is 10.5 Å². The zero-order chi connectivity index (χ0) is 31.2. The normalized spacial score (nSPS) is 20.3. The first kappa shape index (κ1) is 29.6. The van der Waals surface area contributed by atoms with Crippen LogP contribution in [-0.2, 0) is 11.8 Å². The summed E-state index contributed by atoms with van der Waals surface area (Å²) in [5, 5.41) is 0.661. The number of likely N-dealkylation sites (tertiary alicyclic amines) is 1. The summed E-state index contributed by atoms with van der Waals surface area (Å²) < 4.78 is 29.4. The highest BCUT2D eigenvalue weighted by molar-refractivity contribution is 6.02. The lowest BCUT2D eigenvalue weighted by molar-refractivity contribution is 0.00134. The van der Waals surface area contributed by atoms with Crippen molar-refractivity contribution in [2.24, 2.45) is 12.5 Å². The van der Waals surface area contributed by atoms with Gasteiger partial charge in [-0.1, -0.05) is 18.2 Å². The summed E-state index contributed by atoms with van der Waals surface area (Å²) in [6, 6.07) is 8.53. The lowest BCUT2D eigenvalue weighted by Crippen LogP contribution is -2.50. The highest BCUT2D eigenvalue weighted by Gasteiger charge is 2.47. The SMILES string of the molecule is Cc1ccnc(Oc2ccc(-c3c(C4CN(C(=O)OC(C)(C)C)CCC45CC=CCC5)n(C)c4ncnc(N)c34)cc2F)c1. The van der Waals surface area contributed by atoms with Crippen molar-refractivity contribution in [3.63, 3.8) is 0 Å². The van der Waals surface area contributed by atoms with E-state index in [1.807, 2.05) is 56.3 Å². The number of carbonyl (C=O) groups excluding carboxylic acids is 1. The highest BCUT2D eigenvalue weighted by atomic mass is 19.1. The quantitative estimate of drug-likeness (QED) is 0.246. The second kappa shape index (κ2) is 11.2. The van der Waals surface area contributed by atoms with E-state index in [1.54, 1.807) is 18.3 Å². The fraction of sp³-hybridized carbons (Fsp3) is 0.412. The number of aromatic nitrogens is 4. The molecule has 10 heteroatoms. The number of nitrogen functional groups attached to an aromatic ring is 1. The summed E-state index contributed by atoms with van der Waals surface area (Å²) in [5.41, 5.74) is 9.76. The molecular formula is C34H39FN6O3. The number of nitrogens with two attached hydrogens (primary N) is 1. The second-order valence-corrected chi connectivity index (χ2v) is 13.0. The van der Waals surface area contributed by atoms with Crippen LogP contribution in [0.5, 0.6) is 11.6 Å². The van der Waals surface area contributed by atoms with Gasteiger partial charge in [0.1, 0.15) is 23.4 Å². The van der Waals surface area contributed by atoms with E-state index in [0.717, 1.165) is 42.5 Å². The van der Waals surface area contributed by atoms with E-state index in [2.05, 4.69) is 27.1 Å². The van der Waals surface area contributed by atoms with Crippen molar-refractivity contribution in [3.05, 3.63) is 72.1 Å². The van der Waals surface area contributed by atoms with Gasteiger partial charge in [-0.25, -0.2) is 24.1 Å². The lowest BCUT2D eigenvalue weighted by atomic mass is 9.62. The standard InChI is InChI=1S/C34H39FN6O3/c1-21-11-15-37-26(17-21)43-25-10-9-22(18-24(25)35)27-28-30(36)38-20-39-31(28)40(5)29(27)23-19-41(32(42)44-33(2,3)4)16-14-34(23)12-7-6-8-13-34/h6-7,9-11,15,17-18,20,23H,8,12-14,16,19H2,1-5H3,(H2,36,38,39). The number of piperidine rings is 1. The minimum Gasteiger partial charge on any atom is -0.444 e. The number of hydrogen-bond donors (Lipinski definition) is 1. The Kier molecular flexibility index (Phi) is 7.55. The van der Waals surface area contributed by atoms with Gasteiger partial charge in [0, 0.05) is 49.6 Å². The largest absolute Gasteiger partial charge is 0.444 e. The Bertz CT molecular complexity index is 1760. The Morgan fingerprint density at radius 2 is 1.93 bits per heavy atom. The van der Waals surface area contributed by atoms with Crippen molar-refractivity contribution in [2.75, 3.05) is 18.8 Å². The fourth-order valence-electron chi connectivity index (χ4n) is 6.77. The van der Waals surface area contributed by atoms with Crippen LogP contribution in [0, 0.1) is 18.2 Å². The first-order chi connectivity index (χ1) is 21.0. The molecule has 0 radical (unpaired) electrons. The molecule has 1 aliphatic heterocycles. The Labute approximate surface area is 256 Å². The fourth-order valence-corrected chi connectivity index (χ4v) is 6.77. The average molecular weight is 599 g/mol. The van der Waals surface area contributed by atoms with Gasteiger partial charge >= 0.3 is 6.09 Å². The minimum absolute atomic E-state index is 0.0699. The molecule has 2 N–H and O–H groups in total. The zero-order valence-electron chi connectivity index (χ0n) is 25.9. The summed E-state index contributed by atoms with van der Waals surface area (Å²) in [7, 11) is 1.96. The van der Waals surface area contributed by atoms with Crippen molar-refractivity contribution >= 4 is 22.9 Å². The van der Waals surface area contributed by atoms with E-state index in [-0.39, 0.29) is 23.2 Å². The molecule has 1 saturated heterocycles. The van der Waals surface area contributed by atoms with Gasteiger partial charge < -0.3 is 24.7 Å². The Hall–Kier alpha value is -4.47. The van der Waals surface area contributed by atoms with E-state index in [1.165, 1.54) is 12.4 Å². The number of nitrogens with zero attached hydrogens (tertiary/aromatic N) is 5. The summed E-state index contributed by atoms with van der Waals surface area (Å²) in [4.78, 5) is 28.3. The molecule has 2 unspecified atom stereocenters. The zero-order valence-corrected chi connectivity index (χ0v) is 25.9. The first-order valence-corrected chi connectivity index (χ1v) is 15.1. The van der Waals surface area contributed by atoms with E-state index in [4.69, 9.17) is 15.2 Å². The monoisotopic (exact) mass is 598 g/mol. The number of allylic oxidation sites excluding steroid dienone is 2. The number of anilines is 1. The molecule has 1 spiro atoms. The van der Waals surface area contributed by atoms with Gasteiger partial charge in [-0.15, -0.1) is 0 Å². The van der Waals surface area contributed by atoms with Crippen molar-refractivity contribution < 1.29 is 18.7 Å². The maximum atomic E-state index is 15.8. The number of fused-ring (bicyclic) bond motifs is 1. The molecule has 0 bridgehead atoms. The topological polar surface area (TPSA) is 108 Å². The van der Waals surface area contributed by atoms with Crippen LogP contribution in [0.3, 0.4) is 0 Å². The summed E-state index contributed by atoms with van der Waals surface area (Å²) >= 11 is 0. The Morgan fingerprint density at radius 3 is 2.64 bits per heavy atom. The molecule has 3 aromatic heterocycles. The summed E-state index contributed by atoms with van der Waals surface area (Å²) in [6.07, 6.45) is 10.8. The van der Waals surface area contributed by atoms with Crippen molar-refractivity contribution in [1.82, 2.24) is 24.4 Å². The van der Waals surface area contributed by atoms with E-state index < -0.39 is 11.4 Å². The number of amides is 1. The maximum Gasteiger partial charge on any atom is 0.410 e. The highest BCUT2D eigenvalue weighted by Crippen LogP contribution is 2.54. The number of hydrogen-bond acceptors (Lipinski definition) is 7. The molecule has 44 heavy (non-hydrogen) atoms. The van der Waals surface area contributed by atoms with Crippen molar-refractivity contribution in [1.29, 1.82) is 0 Å². The molecule has 0 saturated carbocycles. The molecule has 1 aromatic carbocycles. The molecule has 1 amide bonds. The van der Waals surface area contributed by atoms with Crippen molar-refractivity contribution in [3.8, 4) is 22.8 Å². The van der Waals surface area contributed by atoms with Crippen LogP contribution in [0.4, 0.5) is 15.0 Å². The molecule has 9 nitrogen and oxygen atoms in total. The van der Waals surface area contributed by atoms with Gasteiger partial charge in [0.25, 0.3) is 0 Å². The van der Waals surface area contributed by atoms with Gasteiger partial charge in [0.05, 0.1) is 5.39 Å². The molecule has 4 aromatic rings. The first-order valence-electron chi connectivity index (χ1n) is 15.1. The van der Waals surface area contributed by atoms with E-state index in [9.17, 15) is 4.79 Å². The van der Waals surface area contributed by atoms with Crippen LogP contribution in [-0.4, -0.2) is 49.2 Å². The molecule has 230 valence electrons. The molecule has 1 fully saturated rings. The third kappa shape index (κ3) is 5.49. The van der Waals surface area contributed by atoms with Gasteiger partial charge in [0.15, 0.2) is 11.6 Å². The number of halogens is 1. The minimum atomic E-state index is -0.612. The van der Waals surface area contributed by atoms with Gasteiger partial charge in [-0.2, -0.15) is 0 Å². The van der Waals surface area contributed by atoms with Crippen LogP contribution in [0.2, 0.25) is 0 Å². The maximum absolute atomic E-state index is 15.8. The number of carbonyl (C=O) groups is 1. The van der Waals surface area contributed by atoms with Gasteiger partial charge in [0.2, 0.25) is 5.88 Å². The number of benzene rings is 1. The predicted molar refractivity (Wildman–Crippen MR) is 168 cm³/mol. The van der Waals surface area contributed by atoms with Crippen LogP contribution >= 0.6 is 0 Å². The summed E-state index contributed by atoms with van der Waals surface area (Å²) in [5.74, 6) is 0.0719. The lowest BCUT2D eigenvalue weighted by Gasteiger charge is -2.49. The Balaban J connectivity index is 1.49. The van der Waals surface area contributed by atoms with Gasteiger partial charge in [-0.3, -0.25) is 0 Å². The molecule has 1 aliphatic carbocycles. The van der Waals surface area contributed by atoms with Crippen LogP contribution in [0.15, 0.2) is 55.0 Å². The van der Waals surface area contributed by atoms with E-state index >= 15 is 4.39 Å². The number of pyridine rings is 1. The second-order valence-electron chi connectivity index (χ2n) is 13.0. The number of aryl methyl sites for hydroxylation is 2. The summed E-state index contributed by atoms with van der Waals surface area (Å²) in [6.45, 7) is 8.61. The van der Waals surface area contributed by atoms with E-state index in [0.29, 0.717) is 41.4 Å². The molecular weight excluding hydrogens is 559 g/mol. The van der Waals surface area contributed by atoms with Crippen molar-refractivity contribution in [2.45, 2.75) is 64.9 Å². The predicted octanol–water partition coefficient (Wildman–Crippen LogP) is 7.30.